The topological polar surface area (TPSA) is 41.6 Å². The molecule has 1 rings (SSSR count). The lowest BCUT2D eigenvalue weighted by Crippen LogP contribution is -2.41. The first-order valence-corrected chi connectivity index (χ1v) is 6.36. The Balaban J connectivity index is 2.52. The fourth-order valence-corrected chi connectivity index (χ4v) is 1.99. The summed E-state index contributed by atoms with van der Waals surface area (Å²) in [5, 5.41) is 6.82. The van der Waals surface area contributed by atoms with Crippen molar-refractivity contribution in [3.05, 3.63) is 35.0 Å². The number of ether oxygens (including phenoxy) is 1. The maximum Gasteiger partial charge on any atom is 0.318 e. The van der Waals surface area contributed by atoms with Crippen LogP contribution in [0.15, 0.2) is 29.5 Å². The van der Waals surface area contributed by atoms with Gasteiger partial charge in [-0.25, -0.2) is 4.79 Å². The summed E-state index contributed by atoms with van der Waals surface area (Å²) in [6, 6.07) is 1.93. The summed E-state index contributed by atoms with van der Waals surface area (Å²) in [6.07, 6.45) is 1.66. The van der Waals surface area contributed by atoms with Gasteiger partial charge >= 0.3 is 6.03 Å². The monoisotopic (exact) mass is 254 g/mol. The molecule has 0 saturated carbocycles. The first-order valence-electron chi connectivity index (χ1n) is 5.41. The average molecular weight is 254 g/mol. The van der Waals surface area contributed by atoms with Gasteiger partial charge in [0.05, 0.1) is 6.61 Å². The van der Waals surface area contributed by atoms with E-state index in [1.54, 1.807) is 29.4 Å². The largest absolute Gasteiger partial charge is 0.383 e. The van der Waals surface area contributed by atoms with Crippen LogP contribution in [0.2, 0.25) is 0 Å². The Kier molecular flexibility index (Phi) is 6.35. The third-order valence-corrected chi connectivity index (χ3v) is 2.94. The van der Waals surface area contributed by atoms with Crippen LogP contribution < -0.4 is 5.32 Å². The molecule has 0 aliphatic heterocycles. The molecule has 0 fully saturated rings. The second kappa shape index (κ2) is 7.86. The Bertz CT molecular complexity index is 338. The SMILES string of the molecule is C=CCNC(=O)N(CCOC)Cc1ccsc1. The Morgan fingerprint density at radius 1 is 1.71 bits per heavy atom. The number of methoxy groups -OCH3 is 1. The fourth-order valence-electron chi connectivity index (χ4n) is 1.33. The maximum atomic E-state index is 11.8. The predicted octanol–water partition coefficient (Wildman–Crippen LogP) is 2.09. The fraction of sp³-hybridized carbons (Fsp3) is 0.417. The van der Waals surface area contributed by atoms with E-state index in [4.69, 9.17) is 4.74 Å². The number of amides is 2. The minimum Gasteiger partial charge on any atom is -0.383 e. The van der Waals surface area contributed by atoms with Crippen molar-refractivity contribution >= 4 is 17.4 Å². The summed E-state index contributed by atoms with van der Waals surface area (Å²) in [5.74, 6) is 0. The molecule has 0 radical (unpaired) electrons. The lowest BCUT2D eigenvalue weighted by Gasteiger charge is -2.22. The van der Waals surface area contributed by atoms with E-state index in [1.807, 2.05) is 16.8 Å². The van der Waals surface area contributed by atoms with Gasteiger partial charge in [-0.05, 0) is 22.4 Å². The van der Waals surface area contributed by atoms with E-state index in [9.17, 15) is 4.79 Å². The number of hydrogen-bond donors (Lipinski definition) is 1. The lowest BCUT2D eigenvalue weighted by atomic mass is 10.3. The normalized spacial score (nSPS) is 9.94. The summed E-state index contributed by atoms with van der Waals surface area (Å²) < 4.78 is 5.01. The minimum absolute atomic E-state index is 0.0897. The molecule has 0 spiro atoms. The van der Waals surface area contributed by atoms with E-state index >= 15 is 0 Å². The highest BCUT2D eigenvalue weighted by molar-refractivity contribution is 7.07. The van der Waals surface area contributed by atoms with Gasteiger partial charge < -0.3 is 15.0 Å². The van der Waals surface area contributed by atoms with Crippen molar-refractivity contribution in [2.45, 2.75) is 6.54 Å². The zero-order valence-corrected chi connectivity index (χ0v) is 10.8. The van der Waals surface area contributed by atoms with E-state index in [2.05, 4.69) is 11.9 Å². The second-order valence-corrected chi connectivity index (χ2v) is 4.30. The van der Waals surface area contributed by atoms with Gasteiger partial charge in [-0.3, -0.25) is 0 Å². The van der Waals surface area contributed by atoms with Gasteiger partial charge in [-0.15, -0.1) is 6.58 Å². The van der Waals surface area contributed by atoms with Crippen LogP contribution in [-0.4, -0.2) is 37.7 Å². The molecule has 17 heavy (non-hydrogen) atoms. The van der Waals surface area contributed by atoms with Crippen LogP contribution >= 0.6 is 11.3 Å². The molecule has 5 heteroatoms. The van der Waals surface area contributed by atoms with Gasteiger partial charge in [0.2, 0.25) is 0 Å². The van der Waals surface area contributed by atoms with Gasteiger partial charge in [0, 0.05) is 26.7 Å². The van der Waals surface area contributed by atoms with Gasteiger partial charge in [0.1, 0.15) is 0 Å². The summed E-state index contributed by atoms with van der Waals surface area (Å²) in [4.78, 5) is 13.6. The lowest BCUT2D eigenvalue weighted by molar-refractivity contribution is 0.147. The van der Waals surface area contributed by atoms with E-state index < -0.39 is 0 Å². The molecular weight excluding hydrogens is 236 g/mol. The van der Waals surface area contributed by atoms with Crippen molar-refractivity contribution in [1.82, 2.24) is 10.2 Å². The molecule has 0 saturated heterocycles. The molecule has 94 valence electrons. The Labute approximate surface area is 106 Å². The Hall–Kier alpha value is -1.33. The quantitative estimate of drug-likeness (QED) is 0.757. The van der Waals surface area contributed by atoms with Crippen molar-refractivity contribution in [2.24, 2.45) is 0 Å². The highest BCUT2D eigenvalue weighted by Crippen LogP contribution is 2.09. The van der Waals surface area contributed by atoms with Gasteiger partial charge in [0.25, 0.3) is 0 Å². The van der Waals surface area contributed by atoms with Crippen LogP contribution in [0.1, 0.15) is 5.56 Å². The van der Waals surface area contributed by atoms with Crippen molar-refractivity contribution in [3.63, 3.8) is 0 Å². The van der Waals surface area contributed by atoms with Gasteiger partial charge in [-0.1, -0.05) is 6.08 Å². The number of rotatable bonds is 7. The zero-order chi connectivity index (χ0) is 12.5. The molecule has 0 bridgehead atoms. The number of urea groups is 1. The molecule has 1 heterocycles. The molecule has 1 aromatic heterocycles. The zero-order valence-electron chi connectivity index (χ0n) is 10.0. The number of carbonyl (C=O) groups is 1. The molecule has 1 aromatic rings. The van der Waals surface area contributed by atoms with E-state index in [-0.39, 0.29) is 6.03 Å². The van der Waals surface area contributed by atoms with Crippen LogP contribution in [0, 0.1) is 0 Å². The highest BCUT2D eigenvalue weighted by Gasteiger charge is 2.12. The number of hydrogen-bond acceptors (Lipinski definition) is 3. The average Bonchev–Trinajstić information content (AvgIpc) is 2.84. The summed E-state index contributed by atoms with van der Waals surface area (Å²) in [5.41, 5.74) is 1.14. The number of thiophene rings is 1. The van der Waals surface area contributed by atoms with Crippen molar-refractivity contribution in [3.8, 4) is 0 Å². The molecule has 0 atom stereocenters. The molecular formula is C12H18N2O2S. The van der Waals surface area contributed by atoms with Crippen LogP contribution in [0.5, 0.6) is 0 Å². The Morgan fingerprint density at radius 3 is 3.12 bits per heavy atom. The first-order chi connectivity index (χ1) is 8.27. The van der Waals surface area contributed by atoms with E-state index in [0.29, 0.717) is 26.2 Å². The summed E-state index contributed by atoms with van der Waals surface area (Å²) >= 11 is 1.63. The number of nitrogens with zero attached hydrogens (tertiary/aromatic N) is 1. The van der Waals surface area contributed by atoms with Crippen LogP contribution in [0.3, 0.4) is 0 Å². The van der Waals surface area contributed by atoms with Crippen molar-refractivity contribution in [1.29, 1.82) is 0 Å². The molecule has 4 nitrogen and oxygen atoms in total. The third-order valence-electron chi connectivity index (χ3n) is 2.20. The van der Waals surface area contributed by atoms with Crippen LogP contribution in [0.25, 0.3) is 0 Å². The summed E-state index contributed by atoms with van der Waals surface area (Å²) in [6.45, 7) is 5.77. The second-order valence-electron chi connectivity index (χ2n) is 3.52. The number of carbonyl (C=O) groups excluding carboxylic acids is 1. The molecule has 0 aliphatic rings. The molecule has 2 amide bonds. The predicted molar refractivity (Wildman–Crippen MR) is 70.2 cm³/mol. The molecule has 1 N–H and O–H groups in total. The maximum absolute atomic E-state index is 11.8. The molecule has 0 unspecified atom stereocenters. The third kappa shape index (κ3) is 5.01. The first kappa shape index (κ1) is 13.7. The van der Waals surface area contributed by atoms with E-state index in [0.717, 1.165) is 5.56 Å². The van der Waals surface area contributed by atoms with Crippen LogP contribution in [0.4, 0.5) is 4.79 Å². The minimum atomic E-state index is -0.0897. The van der Waals surface area contributed by atoms with Crippen molar-refractivity contribution in [2.75, 3.05) is 26.8 Å². The van der Waals surface area contributed by atoms with E-state index in [1.165, 1.54) is 0 Å². The van der Waals surface area contributed by atoms with Crippen molar-refractivity contribution < 1.29 is 9.53 Å². The Morgan fingerprint density at radius 2 is 2.53 bits per heavy atom. The van der Waals surface area contributed by atoms with Gasteiger partial charge in [-0.2, -0.15) is 11.3 Å². The number of nitrogens with one attached hydrogen (secondary N) is 1. The summed E-state index contributed by atoms with van der Waals surface area (Å²) in [7, 11) is 1.63. The molecule has 0 aliphatic carbocycles. The molecule has 0 aromatic carbocycles. The van der Waals surface area contributed by atoms with Gasteiger partial charge in [0.15, 0.2) is 0 Å². The highest BCUT2D eigenvalue weighted by atomic mass is 32.1. The smallest absolute Gasteiger partial charge is 0.318 e. The van der Waals surface area contributed by atoms with Crippen LogP contribution in [-0.2, 0) is 11.3 Å². The standard InChI is InChI=1S/C12H18N2O2S/c1-3-5-13-12(15)14(6-7-16-2)9-11-4-8-17-10-11/h3-4,8,10H,1,5-7,9H2,2H3,(H,13,15).